The van der Waals surface area contributed by atoms with Gasteiger partial charge in [-0.3, -0.25) is 4.79 Å². The summed E-state index contributed by atoms with van der Waals surface area (Å²) in [5, 5.41) is 11.0. The van der Waals surface area contributed by atoms with Crippen LogP contribution in [0.3, 0.4) is 0 Å². The lowest BCUT2D eigenvalue weighted by molar-refractivity contribution is -0.122. The van der Waals surface area contributed by atoms with Crippen LogP contribution in [0, 0.1) is 6.92 Å². The second-order valence-electron chi connectivity index (χ2n) is 4.17. The molecule has 3 N–H and O–H groups in total. The number of aliphatic hydroxyl groups excluding tert-OH is 1. The maximum absolute atomic E-state index is 12.0. The van der Waals surface area contributed by atoms with E-state index in [2.05, 4.69) is 10.0 Å². The minimum atomic E-state index is -3.72. The molecule has 0 aliphatic heterocycles. The number of sulfonamides is 1. The van der Waals surface area contributed by atoms with E-state index >= 15 is 0 Å². The Hall–Kier alpha value is -1.44. The minimum Gasteiger partial charge on any atom is -0.395 e. The zero-order valence-corrected chi connectivity index (χ0v) is 11.7. The largest absolute Gasteiger partial charge is 0.395 e. The van der Waals surface area contributed by atoms with Crippen molar-refractivity contribution in [2.75, 3.05) is 13.2 Å². The molecule has 0 fully saturated rings. The van der Waals surface area contributed by atoms with Crippen LogP contribution in [0.4, 0.5) is 0 Å². The topological polar surface area (TPSA) is 95.5 Å². The summed E-state index contributed by atoms with van der Waals surface area (Å²) in [6.07, 6.45) is 0. The monoisotopic (exact) mass is 286 g/mol. The molecule has 0 aromatic heterocycles. The number of benzene rings is 1. The van der Waals surface area contributed by atoms with Gasteiger partial charge < -0.3 is 10.4 Å². The Balaban J connectivity index is 2.74. The molecule has 0 radical (unpaired) electrons. The van der Waals surface area contributed by atoms with Crippen molar-refractivity contribution in [1.82, 2.24) is 10.0 Å². The van der Waals surface area contributed by atoms with Crippen molar-refractivity contribution in [2.24, 2.45) is 0 Å². The Morgan fingerprint density at radius 2 is 1.89 bits per heavy atom. The fourth-order valence-electron chi connectivity index (χ4n) is 1.40. The second kappa shape index (κ2) is 6.65. The number of aryl methyl sites for hydroxylation is 1. The normalized spacial score (nSPS) is 13.0. The Kier molecular flexibility index (Phi) is 5.46. The van der Waals surface area contributed by atoms with Gasteiger partial charge in [-0.2, -0.15) is 4.72 Å². The highest BCUT2D eigenvalue weighted by Crippen LogP contribution is 2.10. The van der Waals surface area contributed by atoms with Crippen molar-refractivity contribution in [3.8, 4) is 0 Å². The van der Waals surface area contributed by atoms with E-state index in [9.17, 15) is 13.2 Å². The first-order chi connectivity index (χ1) is 8.86. The predicted molar refractivity (Wildman–Crippen MR) is 71.1 cm³/mol. The van der Waals surface area contributed by atoms with E-state index in [0.29, 0.717) is 0 Å². The molecule has 0 saturated carbocycles. The first kappa shape index (κ1) is 15.6. The molecule has 0 aliphatic rings. The summed E-state index contributed by atoms with van der Waals surface area (Å²) in [4.78, 5) is 11.6. The molecule has 19 heavy (non-hydrogen) atoms. The van der Waals surface area contributed by atoms with E-state index in [4.69, 9.17) is 5.11 Å². The van der Waals surface area contributed by atoms with Gasteiger partial charge in [-0.1, -0.05) is 17.7 Å². The maximum atomic E-state index is 12.0. The van der Waals surface area contributed by atoms with Gasteiger partial charge in [0.25, 0.3) is 0 Å². The van der Waals surface area contributed by atoms with Gasteiger partial charge in [-0.05, 0) is 26.0 Å². The van der Waals surface area contributed by atoms with Crippen LogP contribution in [0.1, 0.15) is 12.5 Å². The van der Waals surface area contributed by atoms with Crippen LogP contribution in [0.5, 0.6) is 0 Å². The molecule has 1 amide bonds. The average molecular weight is 286 g/mol. The van der Waals surface area contributed by atoms with Crippen LogP contribution < -0.4 is 10.0 Å². The van der Waals surface area contributed by atoms with Crippen molar-refractivity contribution in [3.05, 3.63) is 29.8 Å². The fourth-order valence-corrected chi connectivity index (χ4v) is 2.61. The number of nitrogens with one attached hydrogen (secondary N) is 2. The first-order valence-electron chi connectivity index (χ1n) is 5.84. The number of amides is 1. The smallest absolute Gasteiger partial charge is 0.241 e. The molecule has 1 unspecified atom stereocenters. The molecule has 6 nitrogen and oxygen atoms in total. The van der Waals surface area contributed by atoms with Crippen LogP contribution in [0.15, 0.2) is 29.2 Å². The predicted octanol–water partition coefficient (Wildman–Crippen LogP) is -0.230. The van der Waals surface area contributed by atoms with E-state index < -0.39 is 22.0 Å². The number of carbonyl (C=O) groups is 1. The molecule has 7 heteroatoms. The highest BCUT2D eigenvalue weighted by atomic mass is 32.2. The quantitative estimate of drug-likeness (QED) is 0.673. The number of hydrogen-bond acceptors (Lipinski definition) is 4. The molecule has 0 heterocycles. The third-order valence-corrected chi connectivity index (χ3v) is 4.02. The van der Waals surface area contributed by atoms with Crippen molar-refractivity contribution < 1.29 is 18.3 Å². The maximum Gasteiger partial charge on any atom is 0.241 e. The Morgan fingerprint density at radius 3 is 2.42 bits per heavy atom. The Labute approximate surface area is 112 Å². The zero-order valence-electron chi connectivity index (χ0n) is 10.9. The summed E-state index contributed by atoms with van der Waals surface area (Å²) < 4.78 is 26.3. The highest BCUT2D eigenvalue weighted by molar-refractivity contribution is 7.89. The Bertz CT molecular complexity index is 525. The summed E-state index contributed by atoms with van der Waals surface area (Å²) in [6.45, 7) is 3.20. The van der Waals surface area contributed by atoms with Gasteiger partial charge in [-0.25, -0.2) is 8.42 Å². The minimum absolute atomic E-state index is 0.0927. The molecule has 0 saturated heterocycles. The van der Waals surface area contributed by atoms with Crippen molar-refractivity contribution in [1.29, 1.82) is 0 Å². The van der Waals surface area contributed by atoms with Gasteiger partial charge in [0.15, 0.2) is 0 Å². The lowest BCUT2D eigenvalue weighted by Gasteiger charge is -2.14. The van der Waals surface area contributed by atoms with E-state index in [1.807, 2.05) is 6.92 Å². The molecule has 1 aromatic carbocycles. The van der Waals surface area contributed by atoms with Gasteiger partial charge >= 0.3 is 0 Å². The van der Waals surface area contributed by atoms with E-state index in [1.165, 1.54) is 19.1 Å². The first-order valence-corrected chi connectivity index (χ1v) is 7.32. The summed E-state index contributed by atoms with van der Waals surface area (Å²) in [5.41, 5.74) is 0.952. The average Bonchev–Trinajstić information content (AvgIpc) is 2.35. The van der Waals surface area contributed by atoms with Gasteiger partial charge in [0.2, 0.25) is 15.9 Å². The van der Waals surface area contributed by atoms with Crippen molar-refractivity contribution in [3.63, 3.8) is 0 Å². The SMILES string of the molecule is Cc1ccc(S(=O)(=O)NC(C)C(=O)NCCO)cc1. The number of carbonyl (C=O) groups excluding carboxylic acids is 1. The molecule has 0 spiro atoms. The molecular formula is C12H18N2O4S. The second-order valence-corrected chi connectivity index (χ2v) is 5.88. The lowest BCUT2D eigenvalue weighted by Crippen LogP contribution is -2.45. The van der Waals surface area contributed by atoms with Gasteiger partial charge in [0, 0.05) is 6.54 Å². The van der Waals surface area contributed by atoms with Crippen LogP contribution in [-0.2, 0) is 14.8 Å². The molecule has 0 bridgehead atoms. The van der Waals surface area contributed by atoms with Crippen LogP contribution in [-0.4, -0.2) is 38.6 Å². The standard InChI is InChI=1S/C12H18N2O4S/c1-9-3-5-11(6-4-9)19(17,18)14-10(2)12(16)13-7-8-15/h3-6,10,14-15H,7-8H2,1-2H3,(H,13,16). The zero-order chi connectivity index (χ0) is 14.5. The molecular weight excluding hydrogens is 268 g/mol. The third kappa shape index (κ3) is 4.62. The van der Waals surface area contributed by atoms with Gasteiger partial charge in [0.05, 0.1) is 17.5 Å². The summed E-state index contributed by atoms with van der Waals surface area (Å²) in [5.74, 6) is -0.482. The summed E-state index contributed by atoms with van der Waals surface area (Å²) in [7, 11) is -3.72. The lowest BCUT2D eigenvalue weighted by atomic mass is 10.2. The molecule has 1 rings (SSSR count). The summed E-state index contributed by atoms with van der Waals surface area (Å²) in [6, 6.07) is 5.43. The molecule has 1 atom stereocenters. The number of aliphatic hydroxyl groups is 1. The third-order valence-electron chi connectivity index (χ3n) is 2.47. The Morgan fingerprint density at radius 1 is 1.32 bits per heavy atom. The van der Waals surface area contributed by atoms with Crippen LogP contribution in [0.25, 0.3) is 0 Å². The van der Waals surface area contributed by atoms with Crippen LogP contribution in [0.2, 0.25) is 0 Å². The number of hydrogen-bond donors (Lipinski definition) is 3. The fraction of sp³-hybridized carbons (Fsp3) is 0.417. The summed E-state index contributed by atoms with van der Waals surface area (Å²) >= 11 is 0. The van der Waals surface area contributed by atoms with E-state index in [-0.39, 0.29) is 18.0 Å². The molecule has 0 aliphatic carbocycles. The van der Waals surface area contributed by atoms with E-state index in [0.717, 1.165) is 5.56 Å². The molecule has 1 aromatic rings. The van der Waals surface area contributed by atoms with E-state index in [1.54, 1.807) is 12.1 Å². The van der Waals surface area contributed by atoms with Gasteiger partial charge in [0.1, 0.15) is 0 Å². The van der Waals surface area contributed by atoms with Crippen molar-refractivity contribution >= 4 is 15.9 Å². The van der Waals surface area contributed by atoms with Crippen molar-refractivity contribution in [2.45, 2.75) is 24.8 Å². The number of rotatable bonds is 6. The van der Waals surface area contributed by atoms with Gasteiger partial charge in [-0.15, -0.1) is 0 Å². The molecule has 106 valence electrons. The van der Waals surface area contributed by atoms with Crippen LogP contribution >= 0.6 is 0 Å². The highest BCUT2D eigenvalue weighted by Gasteiger charge is 2.21.